The maximum absolute atomic E-state index is 10.6. The lowest BCUT2D eigenvalue weighted by Crippen LogP contribution is -2.11. The van der Waals surface area contributed by atoms with Gasteiger partial charge in [-0.05, 0) is 13.0 Å². The number of nitrogens with zero attached hydrogens (tertiary/aromatic N) is 2. The molecule has 0 amide bonds. The Morgan fingerprint density at radius 3 is 2.87 bits per heavy atom. The molecule has 0 saturated heterocycles. The molecule has 0 aromatic heterocycles. The van der Waals surface area contributed by atoms with E-state index in [4.69, 9.17) is 10.00 Å². The van der Waals surface area contributed by atoms with E-state index in [0.717, 1.165) is 0 Å². The van der Waals surface area contributed by atoms with Crippen LogP contribution in [0.1, 0.15) is 13.3 Å². The van der Waals surface area contributed by atoms with E-state index in [1.807, 2.05) is 6.07 Å². The lowest BCUT2D eigenvalue weighted by Gasteiger charge is -2.10. The second-order valence-corrected chi connectivity index (χ2v) is 3.02. The lowest BCUT2D eigenvalue weighted by atomic mass is 10.2. The van der Waals surface area contributed by atoms with Crippen molar-refractivity contribution in [3.63, 3.8) is 0 Å². The Kier molecular flexibility index (Phi) is 3.63. The number of para-hydroxylation sites is 2. The summed E-state index contributed by atoms with van der Waals surface area (Å²) in [6, 6.07) is 8.05. The van der Waals surface area contributed by atoms with Gasteiger partial charge in [-0.3, -0.25) is 10.1 Å². The molecule has 78 valence electrons. The molecule has 1 unspecified atom stereocenters. The molecule has 0 bridgehead atoms. The standard InChI is InChI=1S/C10H10N2O3/c1-8(6-7-11)15-10-5-3-2-4-9(10)12(13)14/h2-5,8H,6H2,1H3. The molecule has 0 aliphatic rings. The third-order valence-electron chi connectivity index (χ3n) is 1.77. The highest BCUT2D eigenvalue weighted by molar-refractivity contribution is 5.45. The van der Waals surface area contributed by atoms with Crippen LogP contribution in [0.15, 0.2) is 24.3 Å². The largest absolute Gasteiger partial charge is 0.483 e. The normalized spacial score (nSPS) is 11.5. The molecule has 1 aromatic rings. The zero-order chi connectivity index (χ0) is 11.3. The fourth-order valence-corrected chi connectivity index (χ4v) is 1.09. The van der Waals surface area contributed by atoms with E-state index in [1.165, 1.54) is 12.1 Å². The lowest BCUT2D eigenvalue weighted by molar-refractivity contribution is -0.386. The Hall–Kier alpha value is -2.09. The van der Waals surface area contributed by atoms with Crippen LogP contribution in [-0.2, 0) is 0 Å². The first-order valence-corrected chi connectivity index (χ1v) is 4.42. The summed E-state index contributed by atoms with van der Waals surface area (Å²) in [7, 11) is 0. The van der Waals surface area contributed by atoms with Crippen molar-refractivity contribution >= 4 is 5.69 Å². The zero-order valence-corrected chi connectivity index (χ0v) is 8.21. The van der Waals surface area contributed by atoms with Gasteiger partial charge in [-0.25, -0.2) is 0 Å². The quantitative estimate of drug-likeness (QED) is 0.559. The predicted octanol–water partition coefficient (Wildman–Crippen LogP) is 2.28. The van der Waals surface area contributed by atoms with Crippen LogP contribution in [0.5, 0.6) is 5.75 Å². The first-order valence-electron chi connectivity index (χ1n) is 4.42. The van der Waals surface area contributed by atoms with Crippen molar-refractivity contribution in [1.82, 2.24) is 0 Å². The van der Waals surface area contributed by atoms with Crippen LogP contribution in [0.4, 0.5) is 5.69 Å². The van der Waals surface area contributed by atoms with Crippen LogP contribution in [0.3, 0.4) is 0 Å². The van der Waals surface area contributed by atoms with E-state index >= 15 is 0 Å². The number of ether oxygens (including phenoxy) is 1. The van der Waals surface area contributed by atoms with Gasteiger partial charge in [0.25, 0.3) is 0 Å². The summed E-state index contributed by atoms with van der Waals surface area (Å²) < 4.78 is 5.28. The molecule has 0 fully saturated rings. The van der Waals surface area contributed by atoms with Crippen LogP contribution in [0.2, 0.25) is 0 Å². The molecule has 0 saturated carbocycles. The number of rotatable bonds is 4. The number of benzene rings is 1. The zero-order valence-electron chi connectivity index (χ0n) is 8.21. The molecule has 0 N–H and O–H groups in total. The Balaban J connectivity index is 2.85. The van der Waals surface area contributed by atoms with Crippen molar-refractivity contribution in [2.75, 3.05) is 0 Å². The number of hydrogen-bond acceptors (Lipinski definition) is 4. The maximum atomic E-state index is 10.6. The minimum Gasteiger partial charge on any atom is -0.483 e. The van der Waals surface area contributed by atoms with E-state index in [2.05, 4.69) is 0 Å². The minimum atomic E-state index is -0.506. The predicted molar refractivity (Wildman–Crippen MR) is 53.4 cm³/mol. The third-order valence-corrected chi connectivity index (χ3v) is 1.77. The highest BCUT2D eigenvalue weighted by Gasteiger charge is 2.15. The number of nitro groups is 1. The summed E-state index contributed by atoms with van der Waals surface area (Å²) in [4.78, 5) is 10.1. The molecule has 0 heterocycles. The average Bonchev–Trinajstić information content (AvgIpc) is 2.18. The fourth-order valence-electron chi connectivity index (χ4n) is 1.09. The van der Waals surface area contributed by atoms with Gasteiger partial charge in [-0.15, -0.1) is 0 Å². The highest BCUT2D eigenvalue weighted by Crippen LogP contribution is 2.26. The molecule has 0 spiro atoms. The van der Waals surface area contributed by atoms with Crippen LogP contribution in [-0.4, -0.2) is 11.0 Å². The van der Waals surface area contributed by atoms with E-state index in [9.17, 15) is 10.1 Å². The van der Waals surface area contributed by atoms with Gasteiger partial charge >= 0.3 is 5.69 Å². The Labute approximate surface area is 87.1 Å². The highest BCUT2D eigenvalue weighted by atomic mass is 16.6. The van der Waals surface area contributed by atoms with Crippen molar-refractivity contribution in [2.45, 2.75) is 19.4 Å². The van der Waals surface area contributed by atoms with Gasteiger partial charge in [0.15, 0.2) is 5.75 Å². The van der Waals surface area contributed by atoms with Gasteiger partial charge in [-0.2, -0.15) is 5.26 Å². The molecule has 1 aromatic carbocycles. The van der Waals surface area contributed by atoms with E-state index < -0.39 is 4.92 Å². The molecule has 0 aliphatic heterocycles. The Morgan fingerprint density at radius 1 is 1.60 bits per heavy atom. The van der Waals surface area contributed by atoms with E-state index in [1.54, 1.807) is 19.1 Å². The number of nitro benzene ring substituents is 1. The van der Waals surface area contributed by atoms with Gasteiger partial charge in [0, 0.05) is 6.07 Å². The Morgan fingerprint density at radius 2 is 2.27 bits per heavy atom. The Bertz CT molecular complexity index is 398. The molecule has 15 heavy (non-hydrogen) atoms. The summed E-state index contributed by atoms with van der Waals surface area (Å²) in [5.74, 6) is 0.199. The van der Waals surface area contributed by atoms with Crippen molar-refractivity contribution in [3.8, 4) is 11.8 Å². The fraction of sp³-hybridized carbons (Fsp3) is 0.300. The van der Waals surface area contributed by atoms with Crippen molar-refractivity contribution in [1.29, 1.82) is 5.26 Å². The van der Waals surface area contributed by atoms with Crippen LogP contribution >= 0.6 is 0 Å². The summed E-state index contributed by atoms with van der Waals surface area (Å²) in [6.07, 6.45) is -0.150. The summed E-state index contributed by atoms with van der Waals surface area (Å²) in [5, 5.41) is 19.1. The molecule has 5 heteroatoms. The van der Waals surface area contributed by atoms with Gasteiger partial charge < -0.3 is 4.74 Å². The summed E-state index contributed by atoms with van der Waals surface area (Å²) in [6.45, 7) is 1.69. The second kappa shape index (κ2) is 4.96. The smallest absolute Gasteiger partial charge is 0.310 e. The first kappa shape index (κ1) is 11.0. The molecular formula is C10H10N2O3. The molecular weight excluding hydrogens is 196 g/mol. The van der Waals surface area contributed by atoms with Crippen molar-refractivity contribution in [3.05, 3.63) is 34.4 Å². The van der Waals surface area contributed by atoms with E-state index in [-0.39, 0.29) is 24.0 Å². The molecule has 0 aliphatic carbocycles. The van der Waals surface area contributed by atoms with Gasteiger partial charge in [0.2, 0.25) is 0 Å². The topological polar surface area (TPSA) is 76.2 Å². The maximum Gasteiger partial charge on any atom is 0.310 e. The summed E-state index contributed by atoms with van der Waals surface area (Å²) in [5.41, 5.74) is -0.0812. The van der Waals surface area contributed by atoms with Crippen molar-refractivity contribution in [2.24, 2.45) is 0 Å². The third kappa shape index (κ3) is 2.95. The second-order valence-electron chi connectivity index (χ2n) is 3.02. The molecule has 0 radical (unpaired) electrons. The molecule has 1 atom stereocenters. The van der Waals surface area contributed by atoms with Gasteiger partial charge in [0.05, 0.1) is 17.4 Å². The number of hydrogen-bond donors (Lipinski definition) is 0. The number of nitriles is 1. The van der Waals surface area contributed by atoms with Crippen LogP contribution < -0.4 is 4.74 Å². The first-order chi connectivity index (χ1) is 7.15. The van der Waals surface area contributed by atoms with Crippen molar-refractivity contribution < 1.29 is 9.66 Å². The average molecular weight is 206 g/mol. The van der Waals surface area contributed by atoms with E-state index in [0.29, 0.717) is 0 Å². The molecule has 1 rings (SSSR count). The van der Waals surface area contributed by atoms with Gasteiger partial charge in [-0.1, -0.05) is 12.1 Å². The summed E-state index contributed by atoms with van der Waals surface area (Å²) >= 11 is 0. The monoisotopic (exact) mass is 206 g/mol. The van der Waals surface area contributed by atoms with Crippen LogP contribution in [0, 0.1) is 21.4 Å². The SMILES string of the molecule is CC(CC#N)Oc1ccccc1[N+](=O)[O-]. The van der Waals surface area contributed by atoms with Crippen LogP contribution in [0.25, 0.3) is 0 Å². The minimum absolute atomic E-state index is 0.0812. The molecule has 5 nitrogen and oxygen atoms in total. The van der Waals surface area contributed by atoms with Gasteiger partial charge in [0.1, 0.15) is 6.10 Å².